The van der Waals surface area contributed by atoms with Gasteiger partial charge in [0, 0.05) is 18.5 Å². The van der Waals surface area contributed by atoms with Gasteiger partial charge in [0.25, 0.3) is 0 Å². The lowest BCUT2D eigenvalue weighted by Gasteiger charge is -2.10. The molecular formula is C18H20FN3O2S. The molecule has 0 bridgehead atoms. The fourth-order valence-corrected chi connectivity index (χ4v) is 3.26. The van der Waals surface area contributed by atoms with Crippen molar-refractivity contribution in [2.24, 2.45) is 0 Å². The van der Waals surface area contributed by atoms with Crippen molar-refractivity contribution in [3.8, 4) is 0 Å². The van der Waals surface area contributed by atoms with E-state index in [-0.39, 0.29) is 10.8 Å². The summed E-state index contributed by atoms with van der Waals surface area (Å²) in [4.78, 5) is 8.60. The van der Waals surface area contributed by atoms with Crippen molar-refractivity contribution in [1.82, 2.24) is 14.5 Å². The van der Waals surface area contributed by atoms with Gasteiger partial charge in [-0.1, -0.05) is 25.5 Å². The second kappa shape index (κ2) is 6.92. The Balaban J connectivity index is 2.08. The zero-order valence-electron chi connectivity index (χ0n) is 14.2. The highest BCUT2D eigenvalue weighted by Gasteiger charge is 2.16. The molecule has 0 radical (unpaired) electrons. The number of sulfone groups is 1. The third kappa shape index (κ3) is 3.87. The van der Waals surface area contributed by atoms with Gasteiger partial charge in [-0.25, -0.2) is 22.8 Å². The Labute approximate surface area is 146 Å². The van der Waals surface area contributed by atoms with Crippen molar-refractivity contribution >= 4 is 21.0 Å². The molecule has 25 heavy (non-hydrogen) atoms. The number of hydrogen-bond donors (Lipinski definition) is 0. The van der Waals surface area contributed by atoms with Crippen LogP contribution in [-0.2, 0) is 22.8 Å². The molecule has 0 fully saturated rings. The molecule has 3 rings (SSSR count). The number of benzene rings is 1. The van der Waals surface area contributed by atoms with E-state index < -0.39 is 9.84 Å². The van der Waals surface area contributed by atoms with Crippen molar-refractivity contribution in [2.45, 2.75) is 37.8 Å². The monoisotopic (exact) mass is 361 g/mol. The summed E-state index contributed by atoms with van der Waals surface area (Å²) in [5.74, 6) is -0.273. The molecule has 0 aliphatic rings. The summed E-state index contributed by atoms with van der Waals surface area (Å²) < 4.78 is 38.6. The van der Waals surface area contributed by atoms with E-state index in [1.807, 2.05) is 10.6 Å². The summed E-state index contributed by atoms with van der Waals surface area (Å²) >= 11 is 0. The van der Waals surface area contributed by atoms with Crippen molar-refractivity contribution in [3.63, 3.8) is 0 Å². The van der Waals surface area contributed by atoms with Crippen LogP contribution in [0.2, 0.25) is 0 Å². The van der Waals surface area contributed by atoms with Gasteiger partial charge in [0.1, 0.15) is 11.3 Å². The predicted molar refractivity (Wildman–Crippen MR) is 94.8 cm³/mol. The summed E-state index contributed by atoms with van der Waals surface area (Å²) in [6.45, 7) is 2.65. The van der Waals surface area contributed by atoms with Crippen molar-refractivity contribution in [3.05, 3.63) is 53.6 Å². The van der Waals surface area contributed by atoms with Gasteiger partial charge in [0.2, 0.25) is 0 Å². The van der Waals surface area contributed by atoms with E-state index in [1.165, 1.54) is 18.3 Å². The lowest BCUT2D eigenvalue weighted by atomic mass is 10.2. The number of unbranched alkanes of at least 4 members (excludes halogenated alkanes) is 1. The fourth-order valence-electron chi connectivity index (χ4n) is 2.75. The van der Waals surface area contributed by atoms with Crippen LogP contribution < -0.4 is 0 Å². The zero-order valence-corrected chi connectivity index (χ0v) is 15.1. The number of rotatable bonds is 6. The Morgan fingerprint density at radius 1 is 1.20 bits per heavy atom. The molecule has 3 aromatic rings. The van der Waals surface area contributed by atoms with Crippen LogP contribution >= 0.6 is 0 Å². The van der Waals surface area contributed by atoms with Crippen LogP contribution in [0.3, 0.4) is 0 Å². The molecule has 132 valence electrons. The van der Waals surface area contributed by atoms with E-state index in [4.69, 9.17) is 0 Å². The van der Waals surface area contributed by atoms with Gasteiger partial charge in [0.05, 0.1) is 6.20 Å². The molecule has 0 saturated carbocycles. The third-order valence-corrected chi connectivity index (χ3v) is 5.04. The van der Waals surface area contributed by atoms with E-state index >= 15 is 0 Å². The normalized spacial score (nSPS) is 12.0. The first-order valence-electron chi connectivity index (χ1n) is 8.18. The second-order valence-corrected chi connectivity index (χ2v) is 8.10. The second-order valence-electron chi connectivity index (χ2n) is 6.14. The predicted octanol–water partition coefficient (Wildman–Crippen LogP) is 3.36. The van der Waals surface area contributed by atoms with E-state index in [0.717, 1.165) is 36.8 Å². The van der Waals surface area contributed by atoms with Crippen LogP contribution in [0.15, 0.2) is 41.6 Å². The number of halogens is 1. The van der Waals surface area contributed by atoms with Crippen LogP contribution in [0.1, 0.15) is 31.0 Å². The Bertz CT molecular complexity index is 995. The highest BCUT2D eigenvalue weighted by atomic mass is 32.2. The van der Waals surface area contributed by atoms with E-state index in [2.05, 4.69) is 16.9 Å². The highest BCUT2D eigenvalue weighted by molar-refractivity contribution is 7.90. The molecular weight excluding hydrogens is 341 g/mol. The molecule has 5 nitrogen and oxygen atoms in total. The van der Waals surface area contributed by atoms with Crippen LogP contribution in [-0.4, -0.2) is 29.2 Å². The van der Waals surface area contributed by atoms with Crippen LogP contribution in [0.4, 0.5) is 4.39 Å². The molecule has 2 heterocycles. The van der Waals surface area contributed by atoms with E-state index in [9.17, 15) is 12.8 Å². The highest BCUT2D eigenvalue weighted by Crippen LogP contribution is 2.21. The Hall–Kier alpha value is -2.28. The van der Waals surface area contributed by atoms with E-state index in [1.54, 1.807) is 12.1 Å². The molecule has 0 atom stereocenters. The zero-order chi connectivity index (χ0) is 18.0. The number of fused-ring (bicyclic) bond motifs is 1. The smallest absolute Gasteiger partial charge is 0.194 e. The molecule has 7 heteroatoms. The van der Waals surface area contributed by atoms with Crippen LogP contribution in [0, 0.1) is 5.82 Å². The number of nitrogens with zero attached hydrogens (tertiary/aromatic N) is 3. The average Bonchev–Trinajstić information content (AvgIpc) is 2.91. The first kappa shape index (κ1) is 17.5. The standard InChI is InChI=1S/C18H20FN3O2S/c1-3-4-5-15-10-16-18(20-11-17(21-16)25(2,23)24)22(15)12-13-6-8-14(19)9-7-13/h6-11H,3-5,12H2,1-2H3. The van der Waals surface area contributed by atoms with Gasteiger partial charge in [0.15, 0.2) is 20.5 Å². The van der Waals surface area contributed by atoms with Crippen molar-refractivity contribution < 1.29 is 12.8 Å². The summed E-state index contributed by atoms with van der Waals surface area (Å²) in [7, 11) is -3.40. The van der Waals surface area contributed by atoms with Gasteiger partial charge < -0.3 is 4.57 Å². The maximum absolute atomic E-state index is 13.1. The molecule has 0 aliphatic carbocycles. The van der Waals surface area contributed by atoms with E-state index in [0.29, 0.717) is 17.7 Å². The van der Waals surface area contributed by atoms with Gasteiger partial charge in [-0.2, -0.15) is 0 Å². The van der Waals surface area contributed by atoms with Gasteiger partial charge in [-0.3, -0.25) is 0 Å². The molecule has 0 N–H and O–H groups in total. The third-order valence-electron chi connectivity index (χ3n) is 4.08. The SMILES string of the molecule is CCCCc1cc2nc(S(C)(=O)=O)cnc2n1Cc1ccc(F)cc1. The fraction of sp³-hybridized carbons (Fsp3) is 0.333. The van der Waals surface area contributed by atoms with Crippen molar-refractivity contribution in [1.29, 1.82) is 0 Å². The van der Waals surface area contributed by atoms with Gasteiger partial charge in [-0.15, -0.1) is 0 Å². The minimum Gasteiger partial charge on any atom is -0.324 e. The Morgan fingerprint density at radius 2 is 1.92 bits per heavy atom. The molecule has 2 aromatic heterocycles. The minimum atomic E-state index is -3.40. The summed E-state index contributed by atoms with van der Waals surface area (Å²) in [5, 5.41) is -0.0269. The largest absolute Gasteiger partial charge is 0.324 e. The molecule has 0 amide bonds. The molecule has 1 aromatic carbocycles. The number of hydrogen-bond acceptors (Lipinski definition) is 4. The number of aromatic nitrogens is 3. The molecule has 0 unspecified atom stereocenters. The maximum atomic E-state index is 13.1. The molecule has 0 aliphatic heterocycles. The Kier molecular flexibility index (Phi) is 4.85. The Morgan fingerprint density at radius 3 is 2.56 bits per heavy atom. The topological polar surface area (TPSA) is 64.8 Å². The lowest BCUT2D eigenvalue weighted by molar-refractivity contribution is 0.598. The van der Waals surface area contributed by atoms with Crippen LogP contribution in [0.25, 0.3) is 11.2 Å². The quantitative estimate of drug-likeness (QED) is 0.675. The number of aryl methyl sites for hydroxylation is 1. The minimum absolute atomic E-state index is 0.0269. The first-order valence-corrected chi connectivity index (χ1v) is 10.1. The van der Waals surface area contributed by atoms with Gasteiger partial charge in [-0.05, 0) is 36.6 Å². The van der Waals surface area contributed by atoms with Gasteiger partial charge >= 0.3 is 0 Å². The molecule has 0 spiro atoms. The lowest BCUT2D eigenvalue weighted by Crippen LogP contribution is -2.06. The summed E-state index contributed by atoms with van der Waals surface area (Å²) in [6, 6.07) is 8.24. The van der Waals surface area contributed by atoms with Crippen LogP contribution in [0.5, 0.6) is 0 Å². The molecule has 0 saturated heterocycles. The first-order chi connectivity index (χ1) is 11.9. The van der Waals surface area contributed by atoms with Crippen molar-refractivity contribution in [2.75, 3.05) is 6.26 Å². The average molecular weight is 361 g/mol. The summed E-state index contributed by atoms with van der Waals surface area (Å²) in [6.07, 6.45) is 5.33. The maximum Gasteiger partial charge on any atom is 0.194 e. The summed E-state index contributed by atoms with van der Waals surface area (Å²) in [5.41, 5.74) is 3.21.